The van der Waals surface area contributed by atoms with Crippen LogP contribution >= 0.6 is 0 Å². The molecule has 0 aromatic carbocycles. The molecule has 140 valence electrons. The van der Waals surface area contributed by atoms with Crippen LogP contribution in [0.2, 0.25) is 0 Å². The molecule has 4 fully saturated rings. The number of nitrogens with one attached hydrogen (secondary N) is 1. The molecule has 25 heavy (non-hydrogen) atoms. The van der Waals surface area contributed by atoms with Crippen LogP contribution in [0.5, 0.6) is 0 Å². The summed E-state index contributed by atoms with van der Waals surface area (Å²) in [6.07, 6.45) is 9.78. The standard InChI is InChI=1S/C20H33N3O2/c24-18(22-11-3-4-12-22)16-5-1-2-6-17(16)19(25)23-13-8-20(9-14-23)7-10-21-15-20/h16-17,21H,1-15H2. The lowest BCUT2D eigenvalue weighted by Gasteiger charge is -2.42. The summed E-state index contributed by atoms with van der Waals surface area (Å²) in [4.78, 5) is 30.3. The summed E-state index contributed by atoms with van der Waals surface area (Å²) in [6.45, 7) is 5.83. The van der Waals surface area contributed by atoms with Gasteiger partial charge in [-0.05, 0) is 56.9 Å². The first-order chi connectivity index (χ1) is 12.2. The van der Waals surface area contributed by atoms with E-state index >= 15 is 0 Å². The van der Waals surface area contributed by atoms with Gasteiger partial charge in [-0.25, -0.2) is 0 Å². The fourth-order valence-electron chi connectivity index (χ4n) is 5.55. The Hall–Kier alpha value is -1.10. The van der Waals surface area contributed by atoms with E-state index in [2.05, 4.69) is 10.2 Å². The van der Waals surface area contributed by atoms with Gasteiger partial charge in [0, 0.05) is 44.6 Å². The van der Waals surface area contributed by atoms with Gasteiger partial charge in [0.05, 0.1) is 0 Å². The Bertz CT molecular complexity index is 499. The molecule has 3 saturated heterocycles. The van der Waals surface area contributed by atoms with Gasteiger partial charge in [0.1, 0.15) is 0 Å². The van der Waals surface area contributed by atoms with Crippen molar-refractivity contribution in [1.29, 1.82) is 0 Å². The normalized spacial score (nSPS) is 32.3. The van der Waals surface area contributed by atoms with Gasteiger partial charge in [-0.2, -0.15) is 0 Å². The molecule has 1 saturated carbocycles. The monoisotopic (exact) mass is 347 g/mol. The van der Waals surface area contributed by atoms with E-state index in [0.717, 1.165) is 90.6 Å². The number of carbonyl (C=O) groups is 2. The van der Waals surface area contributed by atoms with E-state index < -0.39 is 0 Å². The fraction of sp³-hybridized carbons (Fsp3) is 0.900. The largest absolute Gasteiger partial charge is 0.342 e. The maximum absolute atomic E-state index is 13.2. The van der Waals surface area contributed by atoms with E-state index in [1.54, 1.807) is 0 Å². The van der Waals surface area contributed by atoms with Gasteiger partial charge in [-0.1, -0.05) is 12.8 Å². The second kappa shape index (κ2) is 7.26. The third-order valence-corrected chi connectivity index (χ3v) is 7.29. The van der Waals surface area contributed by atoms with Crippen LogP contribution < -0.4 is 5.32 Å². The highest BCUT2D eigenvalue weighted by atomic mass is 16.2. The molecule has 1 N–H and O–H groups in total. The minimum Gasteiger partial charge on any atom is -0.342 e. The number of hydrogen-bond donors (Lipinski definition) is 1. The molecule has 2 unspecified atom stereocenters. The van der Waals surface area contributed by atoms with Crippen molar-refractivity contribution in [2.45, 2.75) is 57.8 Å². The second-order valence-electron chi connectivity index (χ2n) is 8.78. The van der Waals surface area contributed by atoms with Gasteiger partial charge in [-0.15, -0.1) is 0 Å². The van der Waals surface area contributed by atoms with Crippen LogP contribution in [-0.4, -0.2) is 60.9 Å². The summed E-state index contributed by atoms with van der Waals surface area (Å²) in [5, 5.41) is 3.49. The summed E-state index contributed by atoms with van der Waals surface area (Å²) in [5.41, 5.74) is 0.439. The number of carbonyl (C=O) groups excluding carboxylic acids is 2. The van der Waals surface area contributed by atoms with Crippen molar-refractivity contribution in [2.24, 2.45) is 17.3 Å². The highest BCUT2D eigenvalue weighted by Gasteiger charge is 2.43. The summed E-state index contributed by atoms with van der Waals surface area (Å²) in [6, 6.07) is 0. The van der Waals surface area contributed by atoms with E-state index in [1.807, 2.05) is 4.90 Å². The van der Waals surface area contributed by atoms with Gasteiger partial charge in [0.25, 0.3) is 0 Å². The Kier molecular flexibility index (Phi) is 5.03. The molecule has 2 amide bonds. The fourth-order valence-corrected chi connectivity index (χ4v) is 5.55. The third-order valence-electron chi connectivity index (χ3n) is 7.29. The zero-order valence-corrected chi connectivity index (χ0v) is 15.5. The highest BCUT2D eigenvalue weighted by Crippen LogP contribution is 2.39. The van der Waals surface area contributed by atoms with Crippen LogP contribution in [0.3, 0.4) is 0 Å². The van der Waals surface area contributed by atoms with Gasteiger partial charge in [0.15, 0.2) is 0 Å². The number of rotatable bonds is 2. The minimum absolute atomic E-state index is 0.0524. The highest BCUT2D eigenvalue weighted by molar-refractivity contribution is 5.88. The zero-order chi connectivity index (χ0) is 17.3. The predicted molar refractivity (Wildman–Crippen MR) is 97.0 cm³/mol. The number of piperidine rings is 1. The van der Waals surface area contributed by atoms with Crippen molar-refractivity contribution in [3.63, 3.8) is 0 Å². The van der Waals surface area contributed by atoms with E-state index in [9.17, 15) is 9.59 Å². The molecule has 1 aliphatic carbocycles. The lowest BCUT2D eigenvalue weighted by atomic mass is 9.75. The molecule has 5 nitrogen and oxygen atoms in total. The topological polar surface area (TPSA) is 52.7 Å². The van der Waals surface area contributed by atoms with Crippen molar-refractivity contribution in [1.82, 2.24) is 15.1 Å². The van der Waals surface area contributed by atoms with Crippen LogP contribution in [0.4, 0.5) is 0 Å². The number of likely N-dealkylation sites (tertiary alicyclic amines) is 2. The Morgan fingerprint density at radius 3 is 1.84 bits per heavy atom. The SMILES string of the molecule is O=C(C1CCCCC1C(=O)N1CCC2(CCNC2)CC1)N1CCCC1. The minimum atomic E-state index is -0.0578. The van der Waals surface area contributed by atoms with Crippen molar-refractivity contribution in [2.75, 3.05) is 39.3 Å². The molecule has 5 heteroatoms. The second-order valence-corrected chi connectivity index (χ2v) is 8.78. The van der Waals surface area contributed by atoms with Gasteiger partial charge in [-0.3, -0.25) is 9.59 Å². The Morgan fingerprint density at radius 2 is 1.32 bits per heavy atom. The smallest absolute Gasteiger partial charge is 0.226 e. The lowest BCUT2D eigenvalue weighted by Crippen LogP contribution is -2.50. The first-order valence-corrected chi connectivity index (χ1v) is 10.5. The number of hydrogen-bond acceptors (Lipinski definition) is 3. The lowest BCUT2D eigenvalue weighted by molar-refractivity contribution is -0.149. The Labute approximate surface area is 151 Å². The molecule has 0 aromatic heterocycles. The maximum Gasteiger partial charge on any atom is 0.226 e. The number of nitrogens with zero attached hydrogens (tertiary/aromatic N) is 2. The first kappa shape index (κ1) is 17.3. The molecule has 0 aromatic rings. The van der Waals surface area contributed by atoms with Crippen molar-refractivity contribution < 1.29 is 9.59 Å². The summed E-state index contributed by atoms with van der Waals surface area (Å²) in [7, 11) is 0. The van der Waals surface area contributed by atoms with Crippen LogP contribution in [0.15, 0.2) is 0 Å². The molecule has 1 spiro atoms. The van der Waals surface area contributed by atoms with Crippen molar-refractivity contribution in [3.05, 3.63) is 0 Å². The van der Waals surface area contributed by atoms with E-state index in [-0.39, 0.29) is 23.7 Å². The average molecular weight is 348 g/mol. The molecule has 0 radical (unpaired) electrons. The zero-order valence-electron chi connectivity index (χ0n) is 15.5. The van der Waals surface area contributed by atoms with E-state index in [1.165, 1.54) is 6.42 Å². The van der Waals surface area contributed by atoms with Crippen LogP contribution in [0.25, 0.3) is 0 Å². The van der Waals surface area contributed by atoms with Gasteiger partial charge < -0.3 is 15.1 Å². The number of amides is 2. The summed E-state index contributed by atoms with van der Waals surface area (Å²) >= 11 is 0. The molecular weight excluding hydrogens is 314 g/mol. The van der Waals surface area contributed by atoms with Crippen LogP contribution in [-0.2, 0) is 9.59 Å². The molecular formula is C20H33N3O2. The van der Waals surface area contributed by atoms with E-state index in [4.69, 9.17) is 0 Å². The molecule has 2 atom stereocenters. The summed E-state index contributed by atoms with van der Waals surface area (Å²) < 4.78 is 0. The van der Waals surface area contributed by atoms with Gasteiger partial charge >= 0.3 is 0 Å². The molecule has 4 aliphatic rings. The van der Waals surface area contributed by atoms with Gasteiger partial charge in [0.2, 0.25) is 11.8 Å². The van der Waals surface area contributed by atoms with Crippen LogP contribution in [0, 0.1) is 17.3 Å². The molecule has 3 aliphatic heterocycles. The Balaban J connectivity index is 1.40. The molecule has 3 heterocycles. The van der Waals surface area contributed by atoms with E-state index in [0.29, 0.717) is 5.41 Å². The predicted octanol–water partition coefficient (Wildman–Crippen LogP) is 2.02. The van der Waals surface area contributed by atoms with Crippen molar-refractivity contribution >= 4 is 11.8 Å². The quantitative estimate of drug-likeness (QED) is 0.831. The van der Waals surface area contributed by atoms with Crippen LogP contribution in [0.1, 0.15) is 57.8 Å². The maximum atomic E-state index is 13.2. The summed E-state index contributed by atoms with van der Waals surface area (Å²) in [5.74, 6) is 0.433. The third kappa shape index (κ3) is 3.44. The average Bonchev–Trinajstić information content (AvgIpc) is 3.34. The molecule has 0 bridgehead atoms. The Morgan fingerprint density at radius 1 is 0.760 bits per heavy atom. The molecule has 4 rings (SSSR count). The van der Waals surface area contributed by atoms with Crippen molar-refractivity contribution in [3.8, 4) is 0 Å². The first-order valence-electron chi connectivity index (χ1n) is 10.5.